The number of amides is 1. The number of hydrogen-bond acceptors (Lipinski definition) is 1. The maximum absolute atomic E-state index is 12.1. The summed E-state index contributed by atoms with van der Waals surface area (Å²) in [5.41, 5.74) is 2.77. The molecule has 0 aliphatic heterocycles. The molecule has 21 heavy (non-hydrogen) atoms. The van der Waals surface area contributed by atoms with Crippen LogP contribution in [0.1, 0.15) is 20.8 Å². The highest BCUT2D eigenvalue weighted by Crippen LogP contribution is 2.30. The minimum Gasteiger partial charge on any atom is -0.344 e. The molecule has 3 heteroatoms. The lowest BCUT2D eigenvalue weighted by molar-refractivity contribution is -0.123. The average molecular weight is 280 g/mol. The van der Waals surface area contributed by atoms with Crippen LogP contribution in [-0.4, -0.2) is 10.5 Å². The first-order valence-electron chi connectivity index (χ1n) is 7.16. The lowest BCUT2D eigenvalue weighted by Gasteiger charge is -2.17. The van der Waals surface area contributed by atoms with Crippen molar-refractivity contribution in [3.8, 4) is 0 Å². The Labute approximate surface area is 124 Å². The van der Waals surface area contributed by atoms with Crippen LogP contribution in [0.2, 0.25) is 0 Å². The molecule has 1 aromatic heterocycles. The van der Waals surface area contributed by atoms with Crippen LogP contribution in [0.3, 0.4) is 0 Å². The third-order valence-corrected chi connectivity index (χ3v) is 3.85. The fourth-order valence-corrected chi connectivity index (χ4v) is 2.56. The van der Waals surface area contributed by atoms with Crippen LogP contribution in [-0.2, 0) is 11.8 Å². The summed E-state index contributed by atoms with van der Waals surface area (Å²) in [5.74, 6) is 0.0283. The van der Waals surface area contributed by atoms with Crippen LogP contribution in [0.15, 0.2) is 42.5 Å². The van der Waals surface area contributed by atoms with Crippen LogP contribution < -0.4 is 5.32 Å². The van der Waals surface area contributed by atoms with Gasteiger partial charge in [0.2, 0.25) is 5.91 Å². The number of nitrogens with one attached hydrogen (secondary N) is 1. The van der Waals surface area contributed by atoms with Gasteiger partial charge in [-0.3, -0.25) is 4.79 Å². The number of hydrogen-bond donors (Lipinski definition) is 1. The van der Waals surface area contributed by atoms with E-state index in [0.717, 1.165) is 11.2 Å². The van der Waals surface area contributed by atoms with E-state index < -0.39 is 5.41 Å². The van der Waals surface area contributed by atoms with Crippen molar-refractivity contribution < 1.29 is 4.79 Å². The SMILES string of the molecule is Cn1c2ccccc2c2ccc(NC(=O)C(C)(C)C)cc21. The number of fused-ring (bicyclic) bond motifs is 3. The molecule has 1 N–H and O–H groups in total. The summed E-state index contributed by atoms with van der Waals surface area (Å²) in [6, 6.07) is 14.4. The van der Waals surface area contributed by atoms with Crippen molar-refractivity contribution in [3.05, 3.63) is 42.5 Å². The largest absolute Gasteiger partial charge is 0.344 e. The summed E-state index contributed by atoms with van der Waals surface area (Å²) in [6.07, 6.45) is 0. The zero-order chi connectivity index (χ0) is 15.2. The van der Waals surface area contributed by atoms with E-state index in [2.05, 4.69) is 41.2 Å². The molecule has 3 aromatic rings. The van der Waals surface area contributed by atoms with Gasteiger partial charge in [-0.2, -0.15) is 0 Å². The molecule has 0 atom stereocenters. The van der Waals surface area contributed by atoms with Gasteiger partial charge in [0.15, 0.2) is 0 Å². The standard InChI is InChI=1S/C18H20N2O/c1-18(2,3)17(21)19-12-9-10-14-13-7-5-6-8-15(13)20(4)16(14)11-12/h5-11H,1-4H3,(H,19,21). The summed E-state index contributed by atoms with van der Waals surface area (Å²) >= 11 is 0. The van der Waals surface area contributed by atoms with Crippen molar-refractivity contribution in [2.24, 2.45) is 12.5 Å². The molecule has 0 bridgehead atoms. The molecule has 3 rings (SSSR count). The smallest absolute Gasteiger partial charge is 0.229 e. The molecule has 0 fully saturated rings. The number of rotatable bonds is 1. The molecule has 0 spiro atoms. The molecular formula is C18H20N2O. The van der Waals surface area contributed by atoms with Gasteiger partial charge in [0, 0.05) is 34.4 Å². The molecule has 0 unspecified atom stereocenters. The van der Waals surface area contributed by atoms with Crippen molar-refractivity contribution in [3.63, 3.8) is 0 Å². The number of aryl methyl sites for hydroxylation is 1. The van der Waals surface area contributed by atoms with E-state index in [9.17, 15) is 4.79 Å². The van der Waals surface area contributed by atoms with Gasteiger partial charge in [0.25, 0.3) is 0 Å². The normalized spacial score (nSPS) is 12.0. The molecule has 0 saturated carbocycles. The number of carbonyl (C=O) groups excluding carboxylic acids is 1. The van der Waals surface area contributed by atoms with Gasteiger partial charge in [0.1, 0.15) is 0 Å². The molecule has 108 valence electrons. The molecule has 0 aliphatic rings. The Balaban J connectivity index is 2.11. The molecule has 3 nitrogen and oxygen atoms in total. The quantitative estimate of drug-likeness (QED) is 0.708. The topological polar surface area (TPSA) is 34.0 Å². The lowest BCUT2D eigenvalue weighted by Crippen LogP contribution is -2.27. The van der Waals surface area contributed by atoms with Crippen molar-refractivity contribution in [2.45, 2.75) is 20.8 Å². The Morgan fingerprint density at radius 3 is 2.38 bits per heavy atom. The summed E-state index contributed by atoms with van der Waals surface area (Å²) < 4.78 is 2.16. The second-order valence-corrected chi connectivity index (χ2v) is 6.51. The van der Waals surface area contributed by atoms with Crippen molar-refractivity contribution >= 4 is 33.4 Å². The van der Waals surface area contributed by atoms with E-state index in [4.69, 9.17) is 0 Å². The Hall–Kier alpha value is -2.29. The Bertz CT molecular complexity index is 837. The van der Waals surface area contributed by atoms with Gasteiger partial charge in [-0.25, -0.2) is 0 Å². The number of benzene rings is 2. The molecule has 2 aromatic carbocycles. The minimum absolute atomic E-state index is 0.0283. The van der Waals surface area contributed by atoms with Crippen LogP contribution >= 0.6 is 0 Å². The first-order chi connectivity index (χ1) is 9.88. The number of aromatic nitrogens is 1. The second kappa shape index (κ2) is 4.62. The first-order valence-corrected chi connectivity index (χ1v) is 7.16. The average Bonchev–Trinajstić information content (AvgIpc) is 2.72. The molecule has 0 saturated heterocycles. The zero-order valence-electron chi connectivity index (χ0n) is 12.9. The van der Waals surface area contributed by atoms with Crippen molar-refractivity contribution in [2.75, 3.05) is 5.32 Å². The van der Waals surface area contributed by atoms with E-state index in [0.29, 0.717) is 0 Å². The predicted octanol–water partition coefficient (Wildman–Crippen LogP) is 4.32. The monoisotopic (exact) mass is 280 g/mol. The number of carbonyl (C=O) groups is 1. The molecule has 0 aliphatic carbocycles. The lowest BCUT2D eigenvalue weighted by atomic mass is 9.95. The van der Waals surface area contributed by atoms with Gasteiger partial charge in [-0.05, 0) is 18.2 Å². The van der Waals surface area contributed by atoms with Gasteiger partial charge in [-0.15, -0.1) is 0 Å². The summed E-state index contributed by atoms with van der Waals surface area (Å²) in [4.78, 5) is 12.1. The molecular weight excluding hydrogens is 260 g/mol. The van der Waals surface area contributed by atoms with Gasteiger partial charge in [-0.1, -0.05) is 45.0 Å². The maximum Gasteiger partial charge on any atom is 0.229 e. The Kier molecular flexibility index (Phi) is 3.01. The summed E-state index contributed by atoms with van der Waals surface area (Å²) in [5, 5.41) is 5.44. The van der Waals surface area contributed by atoms with E-state index >= 15 is 0 Å². The van der Waals surface area contributed by atoms with Crippen LogP contribution in [0.5, 0.6) is 0 Å². The van der Waals surface area contributed by atoms with E-state index in [-0.39, 0.29) is 5.91 Å². The first kappa shape index (κ1) is 13.7. The Morgan fingerprint density at radius 1 is 1.00 bits per heavy atom. The minimum atomic E-state index is -0.395. The van der Waals surface area contributed by atoms with Gasteiger partial charge in [0.05, 0.1) is 5.52 Å². The van der Waals surface area contributed by atoms with E-state index in [1.165, 1.54) is 16.3 Å². The maximum atomic E-state index is 12.1. The van der Waals surface area contributed by atoms with Crippen molar-refractivity contribution in [1.82, 2.24) is 4.57 Å². The Morgan fingerprint density at radius 2 is 1.67 bits per heavy atom. The van der Waals surface area contributed by atoms with Crippen LogP contribution in [0, 0.1) is 5.41 Å². The van der Waals surface area contributed by atoms with Crippen LogP contribution in [0.4, 0.5) is 5.69 Å². The molecule has 0 radical (unpaired) electrons. The third kappa shape index (κ3) is 2.29. The highest BCUT2D eigenvalue weighted by molar-refractivity contribution is 6.09. The molecule has 1 amide bonds. The van der Waals surface area contributed by atoms with Gasteiger partial charge < -0.3 is 9.88 Å². The highest BCUT2D eigenvalue weighted by atomic mass is 16.2. The second-order valence-electron chi connectivity index (χ2n) is 6.51. The van der Waals surface area contributed by atoms with Crippen LogP contribution in [0.25, 0.3) is 21.8 Å². The molecule has 1 heterocycles. The van der Waals surface area contributed by atoms with Crippen molar-refractivity contribution in [1.29, 1.82) is 0 Å². The number of anilines is 1. The summed E-state index contributed by atoms with van der Waals surface area (Å²) in [6.45, 7) is 5.74. The predicted molar refractivity (Wildman–Crippen MR) is 88.5 cm³/mol. The van der Waals surface area contributed by atoms with E-state index in [1.807, 2.05) is 39.0 Å². The van der Waals surface area contributed by atoms with Gasteiger partial charge >= 0.3 is 0 Å². The van der Waals surface area contributed by atoms with E-state index in [1.54, 1.807) is 0 Å². The number of nitrogens with zero attached hydrogens (tertiary/aromatic N) is 1. The highest BCUT2D eigenvalue weighted by Gasteiger charge is 2.21. The fourth-order valence-electron chi connectivity index (χ4n) is 2.56. The third-order valence-electron chi connectivity index (χ3n) is 3.85. The zero-order valence-corrected chi connectivity index (χ0v) is 12.9. The summed E-state index contributed by atoms with van der Waals surface area (Å²) in [7, 11) is 2.06. The fraction of sp³-hybridized carbons (Fsp3) is 0.278. The number of para-hydroxylation sites is 1.